The second-order valence-corrected chi connectivity index (χ2v) is 4.00. The first-order valence-corrected chi connectivity index (χ1v) is 5.53. The molecule has 2 aromatic heterocycles. The molecule has 6 nitrogen and oxygen atoms in total. The SMILES string of the molecule is Cn1ccc(-c2noc(-c3c(N)cccc3F)n2)n1. The number of aryl methyl sites for hydroxylation is 1. The predicted octanol–water partition coefficient (Wildman–Crippen LogP) is 1.86. The van der Waals surface area contributed by atoms with Crippen molar-refractivity contribution < 1.29 is 8.91 Å². The second-order valence-electron chi connectivity index (χ2n) is 4.00. The molecule has 0 fully saturated rings. The lowest BCUT2D eigenvalue weighted by atomic mass is 10.1. The molecule has 0 saturated carbocycles. The van der Waals surface area contributed by atoms with E-state index in [1.165, 1.54) is 12.1 Å². The third kappa shape index (κ3) is 1.95. The number of nitrogens with two attached hydrogens (primary N) is 1. The molecule has 0 aliphatic carbocycles. The number of nitrogens with zero attached hydrogens (tertiary/aromatic N) is 4. The summed E-state index contributed by atoms with van der Waals surface area (Å²) in [5.74, 6) is -0.175. The molecule has 0 unspecified atom stereocenters. The largest absolute Gasteiger partial charge is 0.398 e. The third-order valence-electron chi connectivity index (χ3n) is 2.63. The van der Waals surface area contributed by atoms with Gasteiger partial charge in [-0.05, 0) is 18.2 Å². The first-order valence-electron chi connectivity index (χ1n) is 5.53. The lowest BCUT2D eigenvalue weighted by molar-refractivity contribution is 0.429. The van der Waals surface area contributed by atoms with E-state index in [9.17, 15) is 4.39 Å². The Hall–Kier alpha value is -2.70. The van der Waals surface area contributed by atoms with Gasteiger partial charge < -0.3 is 10.3 Å². The van der Waals surface area contributed by atoms with Gasteiger partial charge in [0, 0.05) is 18.9 Å². The van der Waals surface area contributed by atoms with Crippen LogP contribution in [0.4, 0.5) is 10.1 Å². The Morgan fingerprint density at radius 1 is 1.32 bits per heavy atom. The van der Waals surface area contributed by atoms with Crippen molar-refractivity contribution in [1.29, 1.82) is 0 Å². The van der Waals surface area contributed by atoms with Crippen molar-refractivity contribution >= 4 is 5.69 Å². The van der Waals surface area contributed by atoms with Crippen LogP contribution in [0.5, 0.6) is 0 Å². The van der Waals surface area contributed by atoms with Crippen molar-refractivity contribution in [3.05, 3.63) is 36.3 Å². The Balaban J connectivity index is 2.06. The van der Waals surface area contributed by atoms with E-state index < -0.39 is 5.82 Å². The summed E-state index contributed by atoms with van der Waals surface area (Å²) in [4.78, 5) is 4.11. The number of benzene rings is 1. The average molecular weight is 259 g/mol. The number of hydrogen-bond donors (Lipinski definition) is 1. The fourth-order valence-electron chi connectivity index (χ4n) is 1.73. The minimum atomic E-state index is -0.503. The normalized spacial score (nSPS) is 10.8. The van der Waals surface area contributed by atoms with Crippen molar-refractivity contribution in [2.45, 2.75) is 0 Å². The van der Waals surface area contributed by atoms with Crippen molar-refractivity contribution in [3.63, 3.8) is 0 Å². The first kappa shape index (κ1) is 11.4. The summed E-state index contributed by atoms with van der Waals surface area (Å²) in [5.41, 5.74) is 6.62. The van der Waals surface area contributed by atoms with Gasteiger partial charge in [0.1, 0.15) is 11.5 Å². The highest BCUT2D eigenvalue weighted by Gasteiger charge is 2.17. The second kappa shape index (κ2) is 4.20. The molecule has 19 heavy (non-hydrogen) atoms. The molecule has 0 radical (unpaired) electrons. The molecule has 0 atom stereocenters. The summed E-state index contributed by atoms with van der Waals surface area (Å²) in [7, 11) is 1.78. The Morgan fingerprint density at radius 2 is 2.16 bits per heavy atom. The summed E-state index contributed by atoms with van der Waals surface area (Å²) >= 11 is 0. The molecule has 0 aliphatic heterocycles. The van der Waals surface area contributed by atoms with Crippen LogP contribution in [0.3, 0.4) is 0 Å². The molecule has 0 amide bonds. The summed E-state index contributed by atoms with van der Waals surface area (Å²) < 4.78 is 20.4. The van der Waals surface area contributed by atoms with E-state index in [0.717, 1.165) is 0 Å². The standard InChI is InChI=1S/C12H10FN5O/c1-18-6-5-9(16-18)11-15-12(19-17-11)10-7(13)3-2-4-8(10)14/h2-6H,14H2,1H3. The zero-order valence-electron chi connectivity index (χ0n) is 10.0. The molecule has 0 saturated heterocycles. The molecular formula is C12H10FN5O. The highest BCUT2D eigenvalue weighted by molar-refractivity contribution is 5.71. The van der Waals surface area contributed by atoms with Crippen LogP contribution < -0.4 is 5.73 Å². The molecule has 7 heteroatoms. The van der Waals surface area contributed by atoms with Gasteiger partial charge in [-0.15, -0.1) is 0 Å². The number of halogens is 1. The summed E-state index contributed by atoms with van der Waals surface area (Å²) in [5, 5.41) is 7.91. The van der Waals surface area contributed by atoms with Gasteiger partial charge in [-0.1, -0.05) is 11.2 Å². The molecule has 1 aromatic carbocycles. The molecule has 0 aliphatic rings. The molecule has 0 bridgehead atoms. The zero-order chi connectivity index (χ0) is 13.4. The summed E-state index contributed by atoms with van der Waals surface area (Å²) in [6.45, 7) is 0. The van der Waals surface area contributed by atoms with E-state index in [0.29, 0.717) is 11.5 Å². The molecular weight excluding hydrogens is 249 g/mol. The van der Waals surface area contributed by atoms with Gasteiger partial charge in [0.05, 0.1) is 5.56 Å². The number of aromatic nitrogens is 4. The summed E-state index contributed by atoms with van der Waals surface area (Å²) in [6, 6.07) is 6.11. The van der Waals surface area contributed by atoms with Crippen LogP contribution in [0.2, 0.25) is 0 Å². The van der Waals surface area contributed by atoms with E-state index in [-0.39, 0.29) is 17.1 Å². The minimum Gasteiger partial charge on any atom is -0.398 e. The van der Waals surface area contributed by atoms with Gasteiger partial charge in [0.2, 0.25) is 5.82 Å². The smallest absolute Gasteiger partial charge is 0.263 e. The average Bonchev–Trinajstić information content (AvgIpc) is 2.98. The lowest BCUT2D eigenvalue weighted by Crippen LogP contribution is -1.93. The Kier molecular flexibility index (Phi) is 2.52. The van der Waals surface area contributed by atoms with E-state index in [2.05, 4.69) is 15.2 Å². The maximum Gasteiger partial charge on any atom is 0.263 e. The van der Waals surface area contributed by atoms with Crippen LogP contribution in [-0.2, 0) is 7.05 Å². The van der Waals surface area contributed by atoms with Crippen molar-refractivity contribution in [2.75, 3.05) is 5.73 Å². The van der Waals surface area contributed by atoms with Crippen LogP contribution in [-0.4, -0.2) is 19.9 Å². The number of nitrogen functional groups attached to an aromatic ring is 1. The van der Waals surface area contributed by atoms with E-state index >= 15 is 0 Å². The van der Waals surface area contributed by atoms with E-state index in [1.807, 2.05) is 0 Å². The molecule has 2 heterocycles. The van der Waals surface area contributed by atoms with E-state index in [4.69, 9.17) is 10.3 Å². The van der Waals surface area contributed by atoms with Crippen LogP contribution in [0.25, 0.3) is 23.0 Å². The van der Waals surface area contributed by atoms with Crippen LogP contribution in [0.15, 0.2) is 35.0 Å². The highest BCUT2D eigenvalue weighted by atomic mass is 19.1. The van der Waals surface area contributed by atoms with Gasteiger partial charge in [-0.25, -0.2) is 4.39 Å². The van der Waals surface area contributed by atoms with Gasteiger partial charge >= 0.3 is 0 Å². The fourth-order valence-corrected chi connectivity index (χ4v) is 1.73. The Labute approximate surface area is 107 Å². The third-order valence-corrected chi connectivity index (χ3v) is 2.63. The number of anilines is 1. The van der Waals surface area contributed by atoms with Gasteiger partial charge in [-0.2, -0.15) is 10.1 Å². The molecule has 0 spiro atoms. The predicted molar refractivity (Wildman–Crippen MR) is 66.3 cm³/mol. The summed E-state index contributed by atoms with van der Waals surface area (Å²) in [6.07, 6.45) is 1.75. The maximum absolute atomic E-state index is 13.7. The maximum atomic E-state index is 13.7. The van der Waals surface area contributed by atoms with Gasteiger partial charge in [0.15, 0.2) is 0 Å². The van der Waals surface area contributed by atoms with Crippen LogP contribution in [0, 0.1) is 5.82 Å². The molecule has 2 N–H and O–H groups in total. The monoisotopic (exact) mass is 259 g/mol. The van der Waals surface area contributed by atoms with Crippen LogP contribution >= 0.6 is 0 Å². The van der Waals surface area contributed by atoms with E-state index in [1.54, 1.807) is 30.1 Å². The van der Waals surface area contributed by atoms with Gasteiger partial charge in [-0.3, -0.25) is 4.68 Å². The van der Waals surface area contributed by atoms with Crippen molar-refractivity contribution in [3.8, 4) is 23.0 Å². The number of hydrogen-bond acceptors (Lipinski definition) is 5. The number of rotatable bonds is 2. The van der Waals surface area contributed by atoms with Crippen molar-refractivity contribution in [2.24, 2.45) is 7.05 Å². The Bertz CT molecular complexity index is 713. The first-order chi connectivity index (χ1) is 9.15. The lowest BCUT2D eigenvalue weighted by Gasteiger charge is -2.00. The topological polar surface area (TPSA) is 82.8 Å². The molecule has 3 rings (SSSR count). The molecule has 3 aromatic rings. The highest BCUT2D eigenvalue weighted by Crippen LogP contribution is 2.28. The fraction of sp³-hybridized carbons (Fsp3) is 0.0833. The van der Waals surface area contributed by atoms with Gasteiger partial charge in [0.25, 0.3) is 5.89 Å². The Morgan fingerprint density at radius 3 is 2.84 bits per heavy atom. The van der Waals surface area contributed by atoms with Crippen LogP contribution in [0.1, 0.15) is 0 Å². The quantitative estimate of drug-likeness (QED) is 0.710. The molecule has 96 valence electrons. The van der Waals surface area contributed by atoms with Crippen molar-refractivity contribution in [1.82, 2.24) is 19.9 Å². The minimum absolute atomic E-state index is 0.0382. The zero-order valence-corrected chi connectivity index (χ0v) is 10.0.